The van der Waals surface area contributed by atoms with E-state index in [9.17, 15) is 0 Å². The number of anilines is 1. The Hall–Kier alpha value is -0.980. The third kappa shape index (κ3) is 3.01. The van der Waals surface area contributed by atoms with Gasteiger partial charge >= 0.3 is 0 Å². The van der Waals surface area contributed by atoms with Gasteiger partial charge < -0.3 is 5.32 Å². The minimum Gasteiger partial charge on any atom is -0.388 e. The van der Waals surface area contributed by atoms with Crippen LogP contribution in [0.1, 0.15) is 44.7 Å². The van der Waals surface area contributed by atoms with Crippen LogP contribution in [0.2, 0.25) is 0 Å². The summed E-state index contributed by atoms with van der Waals surface area (Å²) in [6.07, 6.45) is 5.22. The van der Waals surface area contributed by atoms with E-state index in [-0.39, 0.29) is 0 Å². The largest absolute Gasteiger partial charge is 0.388 e. The van der Waals surface area contributed by atoms with Crippen LogP contribution in [0.4, 0.5) is 5.69 Å². The summed E-state index contributed by atoms with van der Waals surface area (Å²) in [6.45, 7) is 6.36. The summed E-state index contributed by atoms with van der Waals surface area (Å²) in [5.74, 6) is 0.839. The first-order valence-electron chi connectivity index (χ1n) is 6.59. The van der Waals surface area contributed by atoms with Gasteiger partial charge in [0.1, 0.15) is 0 Å². The number of nitrogens with one attached hydrogen (secondary N) is 1. The zero-order valence-electron chi connectivity index (χ0n) is 11.1. The van der Waals surface area contributed by atoms with Gasteiger partial charge in [-0.25, -0.2) is 0 Å². The Morgan fingerprint density at radius 2 is 2.00 bits per heavy atom. The van der Waals surface area contributed by atoms with E-state index in [2.05, 4.69) is 30.4 Å². The van der Waals surface area contributed by atoms with E-state index < -0.39 is 0 Å². The predicted molar refractivity (Wildman–Crippen MR) is 73.1 cm³/mol. The molecule has 1 nitrogen and oxygen atoms in total. The van der Waals surface area contributed by atoms with Crippen molar-refractivity contribution in [2.45, 2.75) is 46.5 Å². The molecule has 0 fully saturated rings. The number of hydrogen-bond donors (Lipinski definition) is 1. The number of hydrogen-bond acceptors (Lipinski definition) is 1. The van der Waals surface area contributed by atoms with Gasteiger partial charge in [0.2, 0.25) is 0 Å². The smallest absolute Gasteiger partial charge is 0.0372 e. The summed E-state index contributed by atoms with van der Waals surface area (Å²) >= 11 is 0. The minimum absolute atomic E-state index is 0.839. The van der Waals surface area contributed by atoms with Crippen molar-refractivity contribution in [2.24, 2.45) is 5.92 Å². The number of rotatable bonds is 1. The van der Waals surface area contributed by atoms with Crippen LogP contribution in [0.25, 0.3) is 0 Å². The lowest BCUT2D eigenvalue weighted by Crippen LogP contribution is -2.02. The first-order valence-corrected chi connectivity index (χ1v) is 6.59. The van der Waals surface area contributed by atoms with Gasteiger partial charge in [0.05, 0.1) is 0 Å². The molecule has 0 heterocycles. The van der Waals surface area contributed by atoms with Gasteiger partial charge in [0.15, 0.2) is 0 Å². The van der Waals surface area contributed by atoms with E-state index in [1.54, 1.807) is 11.1 Å². The zero-order valence-corrected chi connectivity index (χ0v) is 11.1. The molecule has 1 atom stereocenters. The molecule has 1 unspecified atom stereocenters. The third-order valence-corrected chi connectivity index (χ3v) is 3.24. The molecule has 1 N–H and O–H groups in total. The van der Waals surface area contributed by atoms with Gasteiger partial charge in [-0.2, -0.15) is 0 Å². The Balaban J connectivity index is 0.000000606. The fourth-order valence-electron chi connectivity index (χ4n) is 2.44. The van der Waals surface area contributed by atoms with Crippen LogP contribution < -0.4 is 5.32 Å². The van der Waals surface area contributed by atoms with Crippen molar-refractivity contribution in [3.05, 3.63) is 29.3 Å². The summed E-state index contributed by atoms with van der Waals surface area (Å²) in [7, 11) is 2.02. The van der Waals surface area contributed by atoms with Crippen molar-refractivity contribution in [3.8, 4) is 0 Å². The number of fused-ring (bicyclic) bond motifs is 1. The lowest BCUT2D eigenvalue weighted by molar-refractivity contribution is 0.527. The van der Waals surface area contributed by atoms with Gasteiger partial charge in [-0.15, -0.1) is 0 Å². The van der Waals surface area contributed by atoms with Gasteiger partial charge in [-0.05, 0) is 42.4 Å². The third-order valence-electron chi connectivity index (χ3n) is 3.24. The Kier molecular flexibility index (Phi) is 5.37. The highest BCUT2D eigenvalue weighted by atomic mass is 14.8. The Morgan fingerprint density at radius 3 is 2.69 bits per heavy atom. The van der Waals surface area contributed by atoms with Crippen molar-refractivity contribution in [2.75, 3.05) is 12.4 Å². The van der Waals surface area contributed by atoms with Crippen molar-refractivity contribution in [3.63, 3.8) is 0 Å². The Bertz CT molecular complexity index is 317. The van der Waals surface area contributed by atoms with Crippen LogP contribution in [0.15, 0.2) is 18.2 Å². The maximum atomic E-state index is 3.30. The van der Waals surface area contributed by atoms with Crippen molar-refractivity contribution < 1.29 is 0 Å². The van der Waals surface area contributed by atoms with Crippen LogP contribution in [0.5, 0.6) is 0 Å². The van der Waals surface area contributed by atoms with E-state index in [4.69, 9.17) is 0 Å². The molecule has 0 amide bonds. The summed E-state index contributed by atoms with van der Waals surface area (Å²) < 4.78 is 0. The number of aryl methyl sites for hydroxylation is 1. The number of benzene rings is 1. The maximum absolute atomic E-state index is 3.30. The fourth-order valence-corrected chi connectivity index (χ4v) is 2.44. The second-order valence-electron chi connectivity index (χ2n) is 4.39. The van der Waals surface area contributed by atoms with E-state index in [1.165, 1.54) is 31.4 Å². The van der Waals surface area contributed by atoms with Crippen molar-refractivity contribution in [1.29, 1.82) is 0 Å². The Labute approximate surface area is 100 Å². The molecular formula is C15H25N. The van der Waals surface area contributed by atoms with Crippen LogP contribution in [0.3, 0.4) is 0 Å². The first-order chi connectivity index (χ1) is 7.81. The average Bonchev–Trinajstić information content (AvgIpc) is 2.52. The Morgan fingerprint density at radius 1 is 1.25 bits per heavy atom. The maximum Gasteiger partial charge on any atom is 0.0372 e. The standard InChI is InChI=1S/C13H19N.C2H6/c1-10-5-3-6-11-7-4-8-13(14-2)12(11)9-10;1-2/h4,7-8,10,14H,3,5-6,9H2,1-2H3;1-2H3. The lowest BCUT2D eigenvalue weighted by Gasteiger charge is -2.13. The van der Waals surface area contributed by atoms with Crippen LogP contribution in [-0.4, -0.2) is 7.05 Å². The molecule has 1 aliphatic rings. The molecular weight excluding hydrogens is 194 g/mol. The SMILES string of the molecule is CC.CNc1cccc2c1CC(C)CCC2. The summed E-state index contributed by atoms with van der Waals surface area (Å²) in [5.41, 5.74) is 4.44. The average molecular weight is 219 g/mol. The van der Waals surface area contributed by atoms with Crippen LogP contribution in [0, 0.1) is 5.92 Å². The molecule has 16 heavy (non-hydrogen) atoms. The van der Waals surface area contributed by atoms with E-state index >= 15 is 0 Å². The molecule has 90 valence electrons. The zero-order chi connectivity index (χ0) is 12.0. The highest BCUT2D eigenvalue weighted by molar-refractivity contribution is 5.54. The molecule has 1 aromatic rings. The second-order valence-corrected chi connectivity index (χ2v) is 4.39. The molecule has 1 aromatic carbocycles. The molecule has 0 aliphatic heterocycles. The monoisotopic (exact) mass is 219 g/mol. The molecule has 2 rings (SSSR count). The van der Waals surface area contributed by atoms with E-state index in [0.717, 1.165) is 5.92 Å². The van der Waals surface area contributed by atoms with Gasteiger partial charge in [0, 0.05) is 12.7 Å². The summed E-state index contributed by atoms with van der Waals surface area (Å²) in [6, 6.07) is 6.64. The summed E-state index contributed by atoms with van der Waals surface area (Å²) in [5, 5.41) is 3.30. The molecule has 0 aromatic heterocycles. The molecule has 0 saturated carbocycles. The molecule has 0 radical (unpaired) electrons. The fraction of sp³-hybridized carbons (Fsp3) is 0.600. The minimum atomic E-state index is 0.839. The highest BCUT2D eigenvalue weighted by Gasteiger charge is 2.15. The molecule has 0 spiro atoms. The highest BCUT2D eigenvalue weighted by Crippen LogP contribution is 2.29. The van der Waals surface area contributed by atoms with Gasteiger partial charge in [-0.3, -0.25) is 0 Å². The normalized spacial score (nSPS) is 18.9. The predicted octanol–water partition coefficient (Wildman–Crippen LogP) is 4.27. The van der Waals surface area contributed by atoms with E-state index in [0.29, 0.717) is 0 Å². The topological polar surface area (TPSA) is 12.0 Å². The van der Waals surface area contributed by atoms with E-state index in [1.807, 2.05) is 20.9 Å². The lowest BCUT2D eigenvalue weighted by atomic mass is 9.97. The van der Waals surface area contributed by atoms with Crippen molar-refractivity contribution >= 4 is 5.69 Å². The summed E-state index contributed by atoms with van der Waals surface area (Å²) in [4.78, 5) is 0. The van der Waals surface area contributed by atoms with Crippen LogP contribution >= 0.6 is 0 Å². The first kappa shape index (κ1) is 13.1. The van der Waals surface area contributed by atoms with Gasteiger partial charge in [0.25, 0.3) is 0 Å². The van der Waals surface area contributed by atoms with Crippen molar-refractivity contribution in [1.82, 2.24) is 0 Å². The second kappa shape index (κ2) is 6.57. The molecule has 1 aliphatic carbocycles. The van der Waals surface area contributed by atoms with Crippen LogP contribution in [-0.2, 0) is 12.8 Å². The molecule has 0 saturated heterocycles. The molecule has 1 heteroatoms. The van der Waals surface area contributed by atoms with Gasteiger partial charge in [-0.1, -0.05) is 39.3 Å². The quantitative estimate of drug-likeness (QED) is 0.696. The molecule has 0 bridgehead atoms.